The molecule has 2 N–H and O–H groups in total. The van der Waals surface area contributed by atoms with Crippen LogP contribution in [0.3, 0.4) is 0 Å². The topological polar surface area (TPSA) is 66.6 Å². The lowest BCUT2D eigenvalue weighted by molar-refractivity contribution is -0.135. The summed E-state index contributed by atoms with van der Waals surface area (Å²) < 4.78 is 0. The molecule has 3 unspecified atom stereocenters. The number of amides is 2. The van der Waals surface area contributed by atoms with E-state index >= 15 is 0 Å². The number of halogens is 1. The molecule has 5 nitrogen and oxygen atoms in total. The normalized spacial score (nSPS) is 29.6. The molecule has 2 rings (SSSR count). The van der Waals surface area contributed by atoms with E-state index in [1.807, 2.05) is 9.80 Å². The summed E-state index contributed by atoms with van der Waals surface area (Å²) in [6.45, 7) is 9.05. The molecule has 0 saturated carbocycles. The molecule has 2 heterocycles. The smallest absolute Gasteiger partial charge is 0.228 e. The molecule has 6 heteroatoms. The lowest BCUT2D eigenvalue weighted by atomic mass is 9.90. The maximum absolute atomic E-state index is 12.6. The van der Waals surface area contributed by atoms with Gasteiger partial charge in [0.05, 0.1) is 5.92 Å². The van der Waals surface area contributed by atoms with E-state index in [2.05, 4.69) is 20.8 Å². The van der Waals surface area contributed by atoms with Crippen LogP contribution in [-0.4, -0.2) is 53.8 Å². The van der Waals surface area contributed by atoms with Crippen LogP contribution in [0.1, 0.15) is 46.5 Å². The third-order valence-corrected chi connectivity index (χ3v) is 5.11. The summed E-state index contributed by atoms with van der Waals surface area (Å²) in [6.07, 6.45) is 3.40. The summed E-state index contributed by atoms with van der Waals surface area (Å²) in [7, 11) is 0. The Kier molecular flexibility index (Phi) is 6.68. The maximum atomic E-state index is 12.6. The second kappa shape index (κ2) is 7.64. The predicted molar refractivity (Wildman–Crippen MR) is 89.8 cm³/mol. The average Bonchev–Trinajstić information content (AvgIpc) is 3.03. The van der Waals surface area contributed by atoms with Gasteiger partial charge in [0.1, 0.15) is 0 Å². The fourth-order valence-corrected chi connectivity index (χ4v) is 3.53. The third-order valence-electron chi connectivity index (χ3n) is 5.11. The first-order valence-corrected chi connectivity index (χ1v) is 8.18. The molecule has 0 aromatic rings. The van der Waals surface area contributed by atoms with Gasteiger partial charge in [0.2, 0.25) is 11.8 Å². The SMILES string of the molecule is CCCC(C)N1CC(C(=O)N2CCC(C)(CN)C2)CC1=O.Cl. The fourth-order valence-electron chi connectivity index (χ4n) is 3.53. The number of carbonyl (C=O) groups is 2. The Morgan fingerprint density at radius 3 is 2.73 bits per heavy atom. The summed E-state index contributed by atoms with van der Waals surface area (Å²) >= 11 is 0. The molecule has 0 radical (unpaired) electrons. The van der Waals surface area contributed by atoms with E-state index in [0.717, 1.165) is 32.4 Å². The molecular weight excluding hydrogens is 302 g/mol. The van der Waals surface area contributed by atoms with Crippen molar-refractivity contribution in [1.29, 1.82) is 0 Å². The van der Waals surface area contributed by atoms with Gasteiger partial charge in [-0.3, -0.25) is 9.59 Å². The molecular formula is C16H30ClN3O2. The number of nitrogens with two attached hydrogens (primary N) is 1. The lowest BCUT2D eigenvalue weighted by Crippen LogP contribution is -2.39. The van der Waals surface area contributed by atoms with Gasteiger partial charge < -0.3 is 15.5 Å². The minimum atomic E-state index is -0.156. The molecule has 2 amide bonds. The van der Waals surface area contributed by atoms with E-state index in [9.17, 15) is 9.59 Å². The van der Waals surface area contributed by atoms with Crippen LogP contribution in [0.5, 0.6) is 0 Å². The van der Waals surface area contributed by atoms with Crippen LogP contribution < -0.4 is 5.73 Å². The molecule has 2 aliphatic heterocycles. The Morgan fingerprint density at radius 1 is 1.50 bits per heavy atom. The van der Waals surface area contributed by atoms with Gasteiger partial charge >= 0.3 is 0 Å². The zero-order valence-corrected chi connectivity index (χ0v) is 14.8. The Balaban J connectivity index is 0.00000242. The largest absolute Gasteiger partial charge is 0.342 e. The molecule has 2 aliphatic rings. The van der Waals surface area contributed by atoms with Gasteiger partial charge in [-0.1, -0.05) is 20.3 Å². The van der Waals surface area contributed by atoms with Crippen molar-refractivity contribution in [3.05, 3.63) is 0 Å². The number of rotatable bonds is 5. The monoisotopic (exact) mass is 331 g/mol. The molecule has 0 aliphatic carbocycles. The zero-order valence-electron chi connectivity index (χ0n) is 14.0. The third kappa shape index (κ3) is 3.93. The highest BCUT2D eigenvalue weighted by atomic mass is 35.5. The van der Waals surface area contributed by atoms with Crippen molar-refractivity contribution >= 4 is 24.2 Å². The van der Waals surface area contributed by atoms with Gasteiger partial charge in [0.25, 0.3) is 0 Å². The highest BCUT2D eigenvalue weighted by Crippen LogP contribution is 2.31. The van der Waals surface area contributed by atoms with Crippen molar-refractivity contribution in [1.82, 2.24) is 9.80 Å². The molecule has 3 atom stereocenters. The fraction of sp³-hybridized carbons (Fsp3) is 0.875. The van der Waals surface area contributed by atoms with Crippen molar-refractivity contribution in [3.8, 4) is 0 Å². The van der Waals surface area contributed by atoms with E-state index in [-0.39, 0.29) is 41.6 Å². The maximum Gasteiger partial charge on any atom is 0.228 e. The molecule has 0 spiro atoms. The van der Waals surface area contributed by atoms with Crippen molar-refractivity contribution in [2.24, 2.45) is 17.1 Å². The highest BCUT2D eigenvalue weighted by molar-refractivity contribution is 5.89. The van der Waals surface area contributed by atoms with E-state index in [1.165, 1.54) is 0 Å². The minimum Gasteiger partial charge on any atom is -0.342 e. The zero-order chi connectivity index (χ0) is 15.6. The van der Waals surface area contributed by atoms with Gasteiger partial charge in [-0.05, 0) is 31.7 Å². The Bertz CT molecular complexity index is 418. The number of likely N-dealkylation sites (tertiary alicyclic amines) is 2. The van der Waals surface area contributed by atoms with Crippen molar-refractivity contribution < 1.29 is 9.59 Å². The van der Waals surface area contributed by atoms with Crippen LogP contribution in [-0.2, 0) is 9.59 Å². The van der Waals surface area contributed by atoms with Crippen LogP contribution in [0.4, 0.5) is 0 Å². The molecule has 128 valence electrons. The number of carbonyl (C=O) groups excluding carboxylic acids is 2. The minimum absolute atomic E-state index is 0. The van der Waals surface area contributed by atoms with Crippen molar-refractivity contribution in [2.45, 2.75) is 52.5 Å². The van der Waals surface area contributed by atoms with Gasteiger partial charge in [-0.25, -0.2) is 0 Å². The molecule has 2 saturated heterocycles. The van der Waals surface area contributed by atoms with Crippen LogP contribution in [0.15, 0.2) is 0 Å². The first-order valence-electron chi connectivity index (χ1n) is 8.18. The predicted octanol–water partition coefficient (Wildman–Crippen LogP) is 1.64. The van der Waals surface area contributed by atoms with Gasteiger partial charge in [-0.15, -0.1) is 12.4 Å². The van der Waals surface area contributed by atoms with Crippen LogP contribution in [0.25, 0.3) is 0 Å². The van der Waals surface area contributed by atoms with E-state index in [4.69, 9.17) is 5.73 Å². The van der Waals surface area contributed by atoms with E-state index in [1.54, 1.807) is 0 Å². The standard InChI is InChI=1S/C16H29N3O2.ClH/c1-4-5-12(2)19-9-13(8-14(19)20)15(21)18-7-6-16(3,10-17)11-18;/h12-13H,4-11,17H2,1-3H3;1H. The molecule has 0 aromatic carbocycles. The number of hydrogen-bond donors (Lipinski definition) is 1. The van der Waals surface area contributed by atoms with Crippen LogP contribution >= 0.6 is 12.4 Å². The van der Waals surface area contributed by atoms with E-state index < -0.39 is 0 Å². The van der Waals surface area contributed by atoms with Gasteiger partial charge in [0.15, 0.2) is 0 Å². The Morgan fingerprint density at radius 2 is 2.18 bits per heavy atom. The number of hydrogen-bond acceptors (Lipinski definition) is 3. The summed E-state index contributed by atoms with van der Waals surface area (Å²) in [5.74, 6) is 0.124. The molecule has 22 heavy (non-hydrogen) atoms. The van der Waals surface area contributed by atoms with E-state index in [0.29, 0.717) is 19.5 Å². The van der Waals surface area contributed by atoms with Gasteiger partial charge in [0, 0.05) is 32.1 Å². The van der Waals surface area contributed by atoms with Crippen LogP contribution in [0, 0.1) is 11.3 Å². The average molecular weight is 332 g/mol. The summed E-state index contributed by atoms with van der Waals surface area (Å²) in [5, 5.41) is 0. The first-order chi connectivity index (χ1) is 9.90. The van der Waals surface area contributed by atoms with Crippen molar-refractivity contribution in [3.63, 3.8) is 0 Å². The molecule has 0 aromatic heterocycles. The highest BCUT2D eigenvalue weighted by Gasteiger charge is 2.42. The van der Waals surface area contributed by atoms with Crippen molar-refractivity contribution in [2.75, 3.05) is 26.2 Å². The molecule has 0 bridgehead atoms. The Labute approximate surface area is 140 Å². The first kappa shape index (κ1) is 19.2. The number of nitrogens with zero attached hydrogens (tertiary/aromatic N) is 2. The van der Waals surface area contributed by atoms with Gasteiger partial charge in [-0.2, -0.15) is 0 Å². The second-order valence-corrected chi connectivity index (χ2v) is 7.11. The van der Waals surface area contributed by atoms with Crippen LogP contribution in [0.2, 0.25) is 0 Å². The quantitative estimate of drug-likeness (QED) is 0.833. The summed E-state index contributed by atoms with van der Waals surface area (Å²) in [5.41, 5.74) is 5.85. The second-order valence-electron chi connectivity index (χ2n) is 7.11. The summed E-state index contributed by atoms with van der Waals surface area (Å²) in [6, 6.07) is 0.244. The molecule has 2 fully saturated rings. The lowest BCUT2D eigenvalue weighted by Gasteiger charge is -2.26. The summed E-state index contributed by atoms with van der Waals surface area (Å²) in [4.78, 5) is 28.6. The Hall–Kier alpha value is -0.810.